The number of aromatic nitrogens is 2. The number of anilines is 1. The molecule has 0 saturated carbocycles. The van der Waals surface area contributed by atoms with Gasteiger partial charge >= 0.3 is 6.18 Å². The Balaban J connectivity index is 2.50. The first-order chi connectivity index (χ1) is 8.28. The van der Waals surface area contributed by atoms with E-state index in [-0.39, 0.29) is 11.1 Å². The minimum absolute atomic E-state index is 0.0251. The molecule has 0 spiro atoms. The predicted molar refractivity (Wildman–Crippen MR) is 59.2 cm³/mol. The molecule has 100 valence electrons. The van der Waals surface area contributed by atoms with Crippen LogP contribution < -0.4 is 10.6 Å². The molecule has 0 aliphatic carbocycles. The van der Waals surface area contributed by atoms with Crippen molar-refractivity contribution in [1.29, 1.82) is 0 Å². The third-order valence-electron chi connectivity index (χ3n) is 1.85. The second-order valence-electron chi connectivity index (χ2n) is 3.41. The van der Waals surface area contributed by atoms with Crippen LogP contribution >= 0.6 is 11.6 Å². The van der Waals surface area contributed by atoms with Crippen molar-refractivity contribution in [2.75, 3.05) is 11.9 Å². The molecular formula is C9H10ClF3N4O. The lowest BCUT2D eigenvalue weighted by Gasteiger charge is -2.15. The number of carbonyl (C=O) groups is 1. The van der Waals surface area contributed by atoms with E-state index in [2.05, 4.69) is 15.3 Å². The van der Waals surface area contributed by atoms with Gasteiger partial charge in [-0.15, -0.1) is 0 Å². The molecule has 5 nitrogen and oxygen atoms in total. The van der Waals surface area contributed by atoms with Crippen molar-refractivity contribution in [1.82, 2.24) is 15.3 Å². The van der Waals surface area contributed by atoms with E-state index in [9.17, 15) is 18.0 Å². The maximum atomic E-state index is 11.9. The highest BCUT2D eigenvalue weighted by molar-refractivity contribution is 6.28. The van der Waals surface area contributed by atoms with E-state index in [0.29, 0.717) is 0 Å². The van der Waals surface area contributed by atoms with Gasteiger partial charge in [0.05, 0.1) is 0 Å². The summed E-state index contributed by atoms with van der Waals surface area (Å²) >= 11 is 5.52. The highest BCUT2D eigenvalue weighted by atomic mass is 35.5. The molecule has 0 radical (unpaired) electrons. The van der Waals surface area contributed by atoms with Crippen molar-refractivity contribution >= 4 is 23.3 Å². The molecule has 0 aromatic carbocycles. The van der Waals surface area contributed by atoms with E-state index in [1.54, 1.807) is 5.32 Å². The Morgan fingerprint density at radius 1 is 1.56 bits per heavy atom. The smallest absolute Gasteiger partial charge is 0.358 e. The van der Waals surface area contributed by atoms with Crippen molar-refractivity contribution in [3.63, 3.8) is 0 Å². The van der Waals surface area contributed by atoms with Crippen LogP contribution in [0.4, 0.5) is 19.0 Å². The molecule has 1 heterocycles. The van der Waals surface area contributed by atoms with Crippen molar-refractivity contribution < 1.29 is 18.0 Å². The summed E-state index contributed by atoms with van der Waals surface area (Å²) in [7, 11) is 0. The number of alkyl halides is 3. The zero-order valence-electron chi connectivity index (χ0n) is 9.25. The van der Waals surface area contributed by atoms with Crippen LogP contribution in [0.3, 0.4) is 0 Å². The highest BCUT2D eigenvalue weighted by Crippen LogP contribution is 2.12. The average Bonchev–Trinajstić information content (AvgIpc) is 2.24. The second kappa shape index (κ2) is 5.85. The van der Waals surface area contributed by atoms with Gasteiger partial charge in [0, 0.05) is 6.20 Å². The number of halogens is 4. The quantitative estimate of drug-likeness (QED) is 0.824. The van der Waals surface area contributed by atoms with Crippen LogP contribution in [0.2, 0.25) is 5.28 Å². The molecule has 0 aliphatic rings. The molecule has 0 saturated heterocycles. The van der Waals surface area contributed by atoms with Crippen molar-refractivity contribution in [2.45, 2.75) is 19.1 Å². The summed E-state index contributed by atoms with van der Waals surface area (Å²) in [6.45, 7) is 0.0318. The summed E-state index contributed by atoms with van der Waals surface area (Å²) < 4.78 is 35.7. The summed E-state index contributed by atoms with van der Waals surface area (Å²) in [6, 6.07) is 0.567. The van der Waals surface area contributed by atoms with Crippen LogP contribution in [0.5, 0.6) is 0 Å². The van der Waals surface area contributed by atoms with Gasteiger partial charge in [-0.2, -0.15) is 13.2 Å². The average molecular weight is 283 g/mol. The van der Waals surface area contributed by atoms with E-state index >= 15 is 0 Å². The lowest BCUT2D eigenvalue weighted by Crippen LogP contribution is -2.42. The SMILES string of the molecule is C[C@H](Nc1ccnc(Cl)n1)C(=O)NCC(F)(F)F. The van der Waals surface area contributed by atoms with E-state index in [0.717, 1.165) is 0 Å². The van der Waals surface area contributed by atoms with E-state index in [1.807, 2.05) is 0 Å². The molecule has 0 aliphatic heterocycles. The molecule has 1 atom stereocenters. The molecular weight excluding hydrogens is 273 g/mol. The van der Waals surface area contributed by atoms with E-state index in [1.165, 1.54) is 19.2 Å². The number of rotatable bonds is 4. The van der Waals surface area contributed by atoms with Gasteiger partial charge in [0.2, 0.25) is 11.2 Å². The number of hydrogen-bond donors (Lipinski definition) is 2. The van der Waals surface area contributed by atoms with Crippen molar-refractivity contribution in [2.24, 2.45) is 0 Å². The summed E-state index contributed by atoms with van der Waals surface area (Å²) in [5, 5.41) is 4.33. The fourth-order valence-corrected chi connectivity index (χ4v) is 1.19. The predicted octanol–water partition coefficient (Wildman–Crippen LogP) is 1.61. The standard InChI is InChI=1S/C9H10ClF3N4O/c1-5(7(18)15-4-9(11,12)13)16-6-2-3-14-8(10)17-6/h2-3,5H,4H2,1H3,(H,15,18)(H,14,16,17)/t5-/m0/s1. The van der Waals surface area contributed by atoms with Gasteiger partial charge in [-0.05, 0) is 24.6 Å². The maximum absolute atomic E-state index is 11.9. The van der Waals surface area contributed by atoms with Crippen LogP contribution in [-0.4, -0.2) is 34.6 Å². The molecule has 1 aromatic heterocycles. The first kappa shape index (κ1) is 14.5. The Hall–Kier alpha value is -1.57. The van der Waals surface area contributed by atoms with Crippen LogP contribution in [-0.2, 0) is 4.79 Å². The summed E-state index contributed by atoms with van der Waals surface area (Å²) in [5.74, 6) is -0.535. The Morgan fingerprint density at radius 2 is 2.22 bits per heavy atom. The van der Waals surface area contributed by atoms with Gasteiger partial charge in [0.15, 0.2) is 0 Å². The minimum atomic E-state index is -4.44. The first-order valence-electron chi connectivity index (χ1n) is 4.87. The molecule has 2 N–H and O–H groups in total. The molecule has 0 unspecified atom stereocenters. The molecule has 9 heteroatoms. The van der Waals surface area contributed by atoms with Crippen molar-refractivity contribution in [3.05, 3.63) is 17.5 Å². The van der Waals surface area contributed by atoms with Gasteiger partial charge < -0.3 is 10.6 Å². The Morgan fingerprint density at radius 3 is 2.78 bits per heavy atom. The van der Waals surface area contributed by atoms with Gasteiger partial charge in [0.1, 0.15) is 18.4 Å². The Kier molecular flexibility index (Phi) is 4.71. The molecule has 18 heavy (non-hydrogen) atoms. The number of nitrogens with zero attached hydrogens (tertiary/aromatic N) is 2. The molecule has 1 rings (SSSR count). The van der Waals surface area contributed by atoms with Gasteiger partial charge in [-0.1, -0.05) is 0 Å². The third kappa shape index (κ3) is 5.17. The van der Waals surface area contributed by atoms with Crippen molar-refractivity contribution in [3.8, 4) is 0 Å². The van der Waals surface area contributed by atoms with Crippen LogP contribution in [0.15, 0.2) is 12.3 Å². The second-order valence-corrected chi connectivity index (χ2v) is 3.75. The maximum Gasteiger partial charge on any atom is 0.405 e. The topological polar surface area (TPSA) is 66.9 Å². The zero-order chi connectivity index (χ0) is 13.8. The fraction of sp³-hybridized carbons (Fsp3) is 0.444. The number of amides is 1. The molecule has 0 fully saturated rings. The first-order valence-corrected chi connectivity index (χ1v) is 5.25. The monoisotopic (exact) mass is 282 g/mol. The number of nitrogens with one attached hydrogen (secondary N) is 2. The largest absolute Gasteiger partial charge is 0.405 e. The van der Waals surface area contributed by atoms with Crippen LogP contribution in [0, 0.1) is 0 Å². The van der Waals surface area contributed by atoms with Crippen LogP contribution in [0.25, 0.3) is 0 Å². The Labute approximate surface area is 106 Å². The summed E-state index contributed by atoms with van der Waals surface area (Å²) in [5.41, 5.74) is 0. The van der Waals surface area contributed by atoms with Gasteiger partial charge in [-0.25, -0.2) is 9.97 Å². The zero-order valence-corrected chi connectivity index (χ0v) is 10.0. The van der Waals surface area contributed by atoms with Gasteiger partial charge in [0.25, 0.3) is 0 Å². The lowest BCUT2D eigenvalue weighted by atomic mass is 10.3. The molecule has 1 aromatic rings. The lowest BCUT2D eigenvalue weighted by molar-refractivity contribution is -0.138. The van der Waals surface area contributed by atoms with E-state index in [4.69, 9.17) is 11.6 Å². The third-order valence-corrected chi connectivity index (χ3v) is 2.03. The van der Waals surface area contributed by atoms with E-state index < -0.39 is 24.7 Å². The molecule has 0 bridgehead atoms. The summed E-state index contributed by atoms with van der Waals surface area (Å²) in [4.78, 5) is 18.7. The van der Waals surface area contributed by atoms with Crippen LogP contribution in [0.1, 0.15) is 6.92 Å². The summed E-state index contributed by atoms with van der Waals surface area (Å²) in [6.07, 6.45) is -3.08. The fourth-order valence-electron chi connectivity index (χ4n) is 1.04. The molecule has 1 amide bonds. The number of carbonyl (C=O) groups excluding carboxylic acids is 1. The highest BCUT2D eigenvalue weighted by Gasteiger charge is 2.28. The minimum Gasteiger partial charge on any atom is -0.358 e. The normalized spacial score (nSPS) is 12.9. The Bertz CT molecular complexity index is 427. The van der Waals surface area contributed by atoms with Gasteiger partial charge in [-0.3, -0.25) is 4.79 Å². The number of hydrogen-bond acceptors (Lipinski definition) is 4.